The molecule has 0 saturated heterocycles. The second-order valence-electron chi connectivity index (χ2n) is 8.78. The van der Waals surface area contributed by atoms with Crippen LogP contribution in [-0.4, -0.2) is 47.9 Å². The number of anilines is 1. The fraction of sp³-hybridized carbons (Fsp3) is 0.308. The van der Waals surface area contributed by atoms with E-state index in [1.165, 1.54) is 37.3 Å². The number of nitriles is 2. The van der Waals surface area contributed by atoms with Crippen molar-refractivity contribution in [2.75, 3.05) is 18.5 Å². The highest BCUT2D eigenvalue weighted by molar-refractivity contribution is 5.74. The Bertz CT molecular complexity index is 1250. The summed E-state index contributed by atoms with van der Waals surface area (Å²) in [6, 6.07) is 13.2. The van der Waals surface area contributed by atoms with Crippen LogP contribution >= 0.6 is 0 Å². The number of nitrogens with one attached hydrogen (secondary N) is 1. The highest BCUT2D eigenvalue weighted by atomic mass is 19.4. The highest BCUT2D eigenvalue weighted by Gasteiger charge is 2.39. The molecule has 0 spiro atoms. The molecule has 188 valence electrons. The van der Waals surface area contributed by atoms with Gasteiger partial charge in [0, 0.05) is 30.9 Å². The van der Waals surface area contributed by atoms with Gasteiger partial charge in [-0.15, -0.1) is 0 Å². The van der Waals surface area contributed by atoms with Gasteiger partial charge < -0.3 is 15.1 Å². The third-order valence-corrected chi connectivity index (χ3v) is 5.90. The second kappa shape index (κ2) is 10.5. The monoisotopic (exact) mass is 500 g/mol. The lowest BCUT2D eigenvalue weighted by Crippen LogP contribution is -2.57. The van der Waals surface area contributed by atoms with Crippen LogP contribution in [-0.2, 0) is 0 Å². The predicted octanol–water partition coefficient (Wildman–Crippen LogP) is 4.17. The van der Waals surface area contributed by atoms with Crippen molar-refractivity contribution in [3.8, 4) is 23.3 Å². The van der Waals surface area contributed by atoms with Gasteiger partial charge >= 0.3 is 6.18 Å². The summed E-state index contributed by atoms with van der Waals surface area (Å²) in [5.41, 5.74) is -1.27. The number of likely N-dealkylation sites (N-methyl/N-ethyl adjacent to an activating group) is 1. The number of aliphatic hydroxyl groups excluding tert-OH is 1. The van der Waals surface area contributed by atoms with E-state index in [0.717, 1.165) is 12.2 Å². The average molecular weight is 500 g/mol. The largest absolute Gasteiger partial charge is 0.417 e. The topological polar surface area (TPSA) is 103 Å². The number of hydrogen-bond acceptors (Lipinski definition) is 6. The number of halogens is 4. The molecule has 0 fully saturated rings. The summed E-state index contributed by atoms with van der Waals surface area (Å²) in [6.45, 7) is 1.21. The van der Waals surface area contributed by atoms with Crippen LogP contribution in [0.25, 0.3) is 11.1 Å². The smallest absolute Gasteiger partial charge is 0.384 e. The predicted molar refractivity (Wildman–Crippen MR) is 126 cm³/mol. The molecule has 0 heterocycles. The Morgan fingerprint density at radius 2 is 1.81 bits per heavy atom. The molecule has 1 aliphatic rings. The van der Waals surface area contributed by atoms with E-state index in [2.05, 4.69) is 11.4 Å². The van der Waals surface area contributed by atoms with E-state index in [-0.39, 0.29) is 13.0 Å². The van der Waals surface area contributed by atoms with Crippen LogP contribution in [0.15, 0.2) is 65.8 Å². The highest BCUT2D eigenvalue weighted by Crippen LogP contribution is 2.34. The molecule has 1 aliphatic carbocycles. The van der Waals surface area contributed by atoms with Crippen molar-refractivity contribution in [3.05, 3.63) is 77.1 Å². The number of benzene rings is 2. The maximum atomic E-state index is 13.3. The first kappa shape index (κ1) is 26.9. The number of hydrogen-bond donors (Lipinski definition) is 3. The first-order valence-corrected chi connectivity index (χ1v) is 10.9. The van der Waals surface area contributed by atoms with Crippen LogP contribution < -0.4 is 10.2 Å². The maximum absolute atomic E-state index is 13.3. The molecular weight excluding hydrogens is 476 g/mol. The average Bonchev–Trinajstić information content (AvgIpc) is 2.83. The number of rotatable bonds is 7. The molecule has 3 unspecified atom stereocenters. The molecule has 2 aromatic rings. The van der Waals surface area contributed by atoms with Gasteiger partial charge in [0.05, 0.1) is 28.8 Å². The van der Waals surface area contributed by atoms with Crippen LogP contribution in [0.3, 0.4) is 0 Å². The van der Waals surface area contributed by atoms with Gasteiger partial charge in [0.1, 0.15) is 17.6 Å². The molecule has 0 aliphatic heterocycles. The van der Waals surface area contributed by atoms with Gasteiger partial charge in [-0.3, -0.25) is 5.32 Å². The number of nitrogens with zero attached hydrogens (tertiary/aromatic N) is 3. The third kappa shape index (κ3) is 6.10. The van der Waals surface area contributed by atoms with Crippen molar-refractivity contribution in [3.63, 3.8) is 0 Å². The zero-order chi connectivity index (χ0) is 26.7. The van der Waals surface area contributed by atoms with E-state index in [4.69, 9.17) is 5.26 Å². The van der Waals surface area contributed by atoms with Crippen molar-refractivity contribution in [1.82, 2.24) is 5.32 Å². The summed E-state index contributed by atoms with van der Waals surface area (Å²) in [5, 5.41) is 42.6. The number of aliphatic hydroxyl groups is 2. The van der Waals surface area contributed by atoms with Gasteiger partial charge in [-0.05, 0) is 49.2 Å². The van der Waals surface area contributed by atoms with Gasteiger partial charge in [-0.2, -0.15) is 23.7 Å². The lowest BCUT2D eigenvalue weighted by Gasteiger charge is -2.36. The Kier molecular flexibility index (Phi) is 7.85. The van der Waals surface area contributed by atoms with Gasteiger partial charge in [0.2, 0.25) is 0 Å². The Balaban J connectivity index is 1.77. The van der Waals surface area contributed by atoms with Gasteiger partial charge in [0.25, 0.3) is 0 Å². The fourth-order valence-electron chi connectivity index (χ4n) is 3.96. The summed E-state index contributed by atoms with van der Waals surface area (Å²) < 4.78 is 53.1. The second-order valence-corrected chi connectivity index (χ2v) is 8.78. The SMILES string of the molecule is CN(CC(C)(O)C(O)NC1C=C(C(F)(F)F)C(C#N)=CC1)c1ccc(C#N)c(-c2ccc(F)cc2)c1. The minimum Gasteiger partial charge on any atom is -0.384 e. The van der Waals surface area contributed by atoms with E-state index < -0.39 is 41.0 Å². The molecule has 0 saturated carbocycles. The molecule has 0 amide bonds. The van der Waals surface area contributed by atoms with E-state index in [1.807, 2.05) is 0 Å². The van der Waals surface area contributed by atoms with Crippen LogP contribution in [0.1, 0.15) is 18.9 Å². The molecule has 2 aromatic carbocycles. The zero-order valence-electron chi connectivity index (χ0n) is 19.5. The minimum absolute atomic E-state index is 0.0299. The van der Waals surface area contributed by atoms with E-state index in [9.17, 15) is 33.0 Å². The molecule has 6 nitrogen and oxygen atoms in total. The summed E-state index contributed by atoms with van der Waals surface area (Å²) in [6.07, 6.45) is -4.34. The standard InChI is InChI=1S/C26H24F4N4O2/c1-25(36,24(35)33-20-9-5-18(14-32)23(11-20)26(28,29)30)15-34(2)21-10-6-17(13-31)22(12-21)16-3-7-19(27)8-4-16/h3-8,10-12,20,24,33,35-36H,9,15H2,1-2H3. The van der Waals surface area contributed by atoms with Crippen molar-refractivity contribution in [2.45, 2.75) is 37.4 Å². The summed E-state index contributed by atoms with van der Waals surface area (Å²) >= 11 is 0. The zero-order valence-corrected chi connectivity index (χ0v) is 19.5. The van der Waals surface area contributed by atoms with Crippen molar-refractivity contribution in [1.29, 1.82) is 10.5 Å². The van der Waals surface area contributed by atoms with Crippen LogP contribution in [0.5, 0.6) is 0 Å². The van der Waals surface area contributed by atoms with Gasteiger partial charge in [-0.25, -0.2) is 4.39 Å². The van der Waals surface area contributed by atoms with E-state index >= 15 is 0 Å². The Labute approximate surface area is 206 Å². The molecule has 3 N–H and O–H groups in total. The Morgan fingerprint density at radius 3 is 2.39 bits per heavy atom. The molecule has 0 aromatic heterocycles. The molecule has 36 heavy (non-hydrogen) atoms. The van der Waals surface area contributed by atoms with Crippen molar-refractivity contribution >= 4 is 5.69 Å². The van der Waals surface area contributed by atoms with Gasteiger partial charge in [0.15, 0.2) is 0 Å². The molecule has 3 rings (SSSR count). The molecule has 0 radical (unpaired) electrons. The first-order chi connectivity index (χ1) is 16.9. The lowest BCUT2D eigenvalue weighted by atomic mass is 9.94. The Hall–Kier alpha value is -3.70. The van der Waals surface area contributed by atoms with Crippen LogP contribution in [0.2, 0.25) is 0 Å². The van der Waals surface area contributed by atoms with E-state index in [0.29, 0.717) is 22.4 Å². The fourth-order valence-corrected chi connectivity index (χ4v) is 3.96. The van der Waals surface area contributed by atoms with E-state index in [1.54, 1.807) is 30.1 Å². The summed E-state index contributed by atoms with van der Waals surface area (Å²) in [4.78, 5) is 1.62. The molecule has 3 atom stereocenters. The first-order valence-electron chi connectivity index (χ1n) is 10.9. The van der Waals surface area contributed by atoms with Crippen molar-refractivity contribution in [2.24, 2.45) is 0 Å². The third-order valence-electron chi connectivity index (χ3n) is 5.90. The Morgan fingerprint density at radius 1 is 1.14 bits per heavy atom. The van der Waals surface area contributed by atoms with Crippen LogP contribution in [0.4, 0.5) is 23.2 Å². The lowest BCUT2D eigenvalue weighted by molar-refractivity contribution is -0.0906. The molecular formula is C26H24F4N4O2. The summed E-state index contributed by atoms with van der Waals surface area (Å²) in [7, 11) is 1.64. The quantitative estimate of drug-likeness (QED) is 0.390. The van der Waals surface area contributed by atoms with Gasteiger partial charge in [-0.1, -0.05) is 24.3 Å². The molecule has 10 heteroatoms. The number of alkyl halides is 3. The number of allylic oxidation sites excluding steroid dienone is 2. The van der Waals surface area contributed by atoms with Crippen molar-refractivity contribution < 1.29 is 27.8 Å². The normalized spacial score (nSPS) is 18.2. The molecule has 0 bridgehead atoms. The van der Waals surface area contributed by atoms with Crippen LogP contribution in [0, 0.1) is 28.5 Å². The minimum atomic E-state index is -4.73. The summed E-state index contributed by atoms with van der Waals surface area (Å²) in [5.74, 6) is -0.419. The maximum Gasteiger partial charge on any atom is 0.417 e.